The Kier molecular flexibility index (Phi) is 4.31. The van der Waals surface area contributed by atoms with Crippen molar-refractivity contribution in [1.29, 1.82) is 0 Å². The van der Waals surface area contributed by atoms with Crippen LogP contribution in [0.25, 0.3) is 0 Å². The fraction of sp³-hybridized carbons (Fsp3) is 0.462. The lowest BCUT2D eigenvalue weighted by Crippen LogP contribution is -2.28. The molecule has 6 heteroatoms. The molecule has 0 spiro atoms. The van der Waals surface area contributed by atoms with Gasteiger partial charge in [-0.25, -0.2) is 9.67 Å². The summed E-state index contributed by atoms with van der Waals surface area (Å²) >= 11 is 1.49. The van der Waals surface area contributed by atoms with Crippen LogP contribution in [0.2, 0.25) is 0 Å². The molecule has 0 fully saturated rings. The van der Waals surface area contributed by atoms with Crippen molar-refractivity contribution in [3.8, 4) is 0 Å². The summed E-state index contributed by atoms with van der Waals surface area (Å²) in [5.41, 5.74) is 0. The lowest BCUT2D eigenvalue weighted by atomic mass is 10.3. The molecule has 0 aliphatic heterocycles. The third kappa shape index (κ3) is 3.20. The second-order valence-electron chi connectivity index (χ2n) is 4.45. The molecule has 0 aliphatic rings. The highest BCUT2D eigenvalue weighted by atomic mass is 32.1. The van der Waals surface area contributed by atoms with Gasteiger partial charge in [-0.15, -0.1) is 11.3 Å². The Labute approximate surface area is 116 Å². The van der Waals surface area contributed by atoms with Gasteiger partial charge in [0.05, 0.1) is 10.9 Å². The number of aromatic nitrogens is 3. The van der Waals surface area contributed by atoms with E-state index in [0.29, 0.717) is 0 Å². The van der Waals surface area contributed by atoms with Crippen molar-refractivity contribution in [2.45, 2.75) is 39.8 Å². The summed E-state index contributed by atoms with van der Waals surface area (Å²) in [6, 6.07) is 3.65. The van der Waals surface area contributed by atoms with Crippen molar-refractivity contribution >= 4 is 17.2 Å². The molecular formula is C13H18N4OS. The predicted octanol–water partition coefficient (Wildman–Crippen LogP) is 2.55. The molecule has 0 saturated heterocycles. The van der Waals surface area contributed by atoms with Gasteiger partial charge in [-0.2, -0.15) is 5.10 Å². The molecule has 5 nitrogen and oxygen atoms in total. The van der Waals surface area contributed by atoms with Crippen LogP contribution in [0.4, 0.5) is 0 Å². The second kappa shape index (κ2) is 5.97. The number of nitrogens with zero attached hydrogens (tertiary/aromatic N) is 3. The van der Waals surface area contributed by atoms with Crippen LogP contribution in [-0.4, -0.2) is 20.7 Å². The highest BCUT2D eigenvalue weighted by molar-refractivity contribution is 7.13. The summed E-state index contributed by atoms with van der Waals surface area (Å²) in [6.07, 6.45) is 2.52. The number of hydrogen-bond donors (Lipinski definition) is 1. The molecule has 0 aromatic carbocycles. The zero-order valence-corrected chi connectivity index (χ0v) is 12.2. The van der Waals surface area contributed by atoms with E-state index >= 15 is 0 Å². The van der Waals surface area contributed by atoms with Crippen LogP contribution in [0.15, 0.2) is 18.5 Å². The summed E-state index contributed by atoms with van der Waals surface area (Å²) in [4.78, 5) is 18.2. The molecule has 0 radical (unpaired) electrons. The van der Waals surface area contributed by atoms with Gasteiger partial charge in [0, 0.05) is 11.4 Å². The maximum Gasteiger partial charge on any atom is 0.261 e. The average molecular weight is 278 g/mol. The Balaban J connectivity index is 2.06. The summed E-state index contributed by atoms with van der Waals surface area (Å²) in [6.45, 7) is 6.81. The van der Waals surface area contributed by atoms with E-state index in [0.717, 1.165) is 28.5 Å². The van der Waals surface area contributed by atoms with Crippen LogP contribution in [0.3, 0.4) is 0 Å². The number of amides is 1. The van der Waals surface area contributed by atoms with E-state index in [2.05, 4.69) is 22.3 Å². The van der Waals surface area contributed by atoms with Gasteiger partial charge in [0.1, 0.15) is 12.2 Å². The largest absolute Gasteiger partial charge is 0.342 e. The molecule has 2 aromatic heterocycles. The number of hydrogen-bond acceptors (Lipinski definition) is 4. The molecule has 1 amide bonds. The first kappa shape index (κ1) is 13.7. The summed E-state index contributed by atoms with van der Waals surface area (Å²) in [7, 11) is 0. The number of rotatable bonds is 5. The van der Waals surface area contributed by atoms with Gasteiger partial charge < -0.3 is 5.32 Å². The average Bonchev–Trinajstić information content (AvgIpc) is 2.98. The van der Waals surface area contributed by atoms with Gasteiger partial charge in [-0.1, -0.05) is 6.92 Å². The van der Waals surface area contributed by atoms with Crippen molar-refractivity contribution < 1.29 is 4.79 Å². The van der Waals surface area contributed by atoms with Crippen LogP contribution >= 0.6 is 11.3 Å². The van der Waals surface area contributed by atoms with Crippen LogP contribution in [-0.2, 0) is 6.54 Å². The van der Waals surface area contributed by atoms with E-state index in [4.69, 9.17) is 0 Å². The van der Waals surface area contributed by atoms with Gasteiger partial charge in [0.25, 0.3) is 5.91 Å². The number of thiophene rings is 1. The van der Waals surface area contributed by atoms with Crippen molar-refractivity contribution in [1.82, 2.24) is 20.1 Å². The molecule has 19 heavy (non-hydrogen) atoms. The zero-order valence-electron chi connectivity index (χ0n) is 11.4. The maximum absolute atomic E-state index is 12.1. The first-order valence-electron chi connectivity index (χ1n) is 6.36. The minimum Gasteiger partial charge on any atom is -0.342 e. The Morgan fingerprint density at radius 1 is 1.53 bits per heavy atom. The molecule has 1 N–H and O–H groups in total. The fourth-order valence-corrected chi connectivity index (χ4v) is 2.65. The quantitative estimate of drug-likeness (QED) is 0.914. The highest BCUT2D eigenvalue weighted by Crippen LogP contribution is 2.17. The van der Waals surface area contributed by atoms with Gasteiger partial charge in [0.15, 0.2) is 0 Å². The number of carbonyl (C=O) groups is 1. The topological polar surface area (TPSA) is 59.8 Å². The van der Waals surface area contributed by atoms with Gasteiger partial charge in [-0.3, -0.25) is 4.79 Å². The van der Waals surface area contributed by atoms with E-state index in [1.54, 1.807) is 0 Å². The summed E-state index contributed by atoms with van der Waals surface area (Å²) in [5.74, 6) is 0.736. The third-order valence-corrected chi connectivity index (χ3v) is 3.78. The third-order valence-electron chi connectivity index (χ3n) is 2.78. The standard InChI is InChI=1S/C13H18N4OS/c1-4-7-17-12(14-8-15-17)10(3)16-13(18)11-6-5-9(2)19-11/h5-6,8,10H,4,7H2,1-3H3,(H,16,18). The Morgan fingerprint density at radius 3 is 2.95 bits per heavy atom. The van der Waals surface area contributed by atoms with Gasteiger partial charge in [0.2, 0.25) is 0 Å². The molecular weight excluding hydrogens is 260 g/mol. The molecule has 0 bridgehead atoms. The lowest BCUT2D eigenvalue weighted by Gasteiger charge is -2.13. The smallest absolute Gasteiger partial charge is 0.261 e. The molecule has 0 aliphatic carbocycles. The van der Waals surface area contributed by atoms with E-state index in [1.807, 2.05) is 30.7 Å². The van der Waals surface area contributed by atoms with Crippen LogP contribution in [0.5, 0.6) is 0 Å². The summed E-state index contributed by atoms with van der Waals surface area (Å²) in [5, 5.41) is 7.13. The number of nitrogens with one attached hydrogen (secondary N) is 1. The fourth-order valence-electron chi connectivity index (χ4n) is 1.88. The molecule has 0 saturated carbocycles. The van der Waals surface area contributed by atoms with Crippen molar-refractivity contribution in [2.24, 2.45) is 0 Å². The molecule has 1 atom stereocenters. The zero-order chi connectivity index (χ0) is 13.8. The molecule has 2 heterocycles. The maximum atomic E-state index is 12.1. The molecule has 2 rings (SSSR count). The molecule has 2 aromatic rings. The minimum absolute atomic E-state index is 0.0587. The minimum atomic E-state index is -0.149. The Hall–Kier alpha value is -1.69. The van der Waals surface area contributed by atoms with E-state index < -0.39 is 0 Å². The van der Waals surface area contributed by atoms with Crippen molar-refractivity contribution in [3.63, 3.8) is 0 Å². The molecule has 102 valence electrons. The first-order chi connectivity index (χ1) is 9.11. The Morgan fingerprint density at radius 2 is 2.32 bits per heavy atom. The van der Waals surface area contributed by atoms with Gasteiger partial charge >= 0.3 is 0 Å². The van der Waals surface area contributed by atoms with Crippen molar-refractivity contribution in [2.75, 3.05) is 0 Å². The van der Waals surface area contributed by atoms with E-state index in [1.165, 1.54) is 17.7 Å². The highest BCUT2D eigenvalue weighted by Gasteiger charge is 2.17. The van der Waals surface area contributed by atoms with E-state index in [9.17, 15) is 4.79 Å². The first-order valence-corrected chi connectivity index (χ1v) is 7.18. The SMILES string of the molecule is CCCn1ncnc1C(C)NC(=O)c1ccc(C)s1. The van der Waals surface area contributed by atoms with Crippen LogP contribution < -0.4 is 5.32 Å². The summed E-state index contributed by atoms with van der Waals surface area (Å²) < 4.78 is 1.84. The van der Waals surface area contributed by atoms with Gasteiger partial charge in [-0.05, 0) is 32.4 Å². The lowest BCUT2D eigenvalue weighted by molar-refractivity contribution is 0.0941. The van der Waals surface area contributed by atoms with Crippen LogP contribution in [0, 0.1) is 6.92 Å². The van der Waals surface area contributed by atoms with Crippen LogP contribution in [0.1, 0.15) is 46.7 Å². The van der Waals surface area contributed by atoms with Crippen molar-refractivity contribution in [3.05, 3.63) is 34.0 Å². The number of carbonyl (C=O) groups excluding carboxylic acids is 1. The Bertz CT molecular complexity index is 560. The normalized spacial score (nSPS) is 12.4. The monoisotopic (exact) mass is 278 g/mol. The molecule has 1 unspecified atom stereocenters. The number of aryl methyl sites for hydroxylation is 2. The second-order valence-corrected chi connectivity index (χ2v) is 5.73. The van der Waals surface area contributed by atoms with E-state index in [-0.39, 0.29) is 11.9 Å². The predicted molar refractivity (Wildman–Crippen MR) is 75.3 cm³/mol.